The molecule has 2 rings (SSSR count). The van der Waals surface area contributed by atoms with Crippen LogP contribution in [0, 0.1) is 0 Å². The third-order valence-corrected chi connectivity index (χ3v) is 2.04. The quantitative estimate of drug-likeness (QED) is 0.291. The smallest absolute Gasteiger partial charge is 0.146 e. The Bertz CT molecular complexity index is 471. The molecule has 2 heterocycles. The third kappa shape index (κ3) is 1.23. The van der Waals surface area contributed by atoms with Crippen molar-refractivity contribution in [1.82, 2.24) is 15.0 Å². The number of aromatic nitrogens is 2. The fourth-order valence-electron chi connectivity index (χ4n) is 1.38. The van der Waals surface area contributed by atoms with Crippen LogP contribution in [-0.4, -0.2) is 22.5 Å². The van der Waals surface area contributed by atoms with Crippen LogP contribution in [0.5, 0.6) is 0 Å². The maximum absolute atomic E-state index is 5.35. The molecule has 0 aliphatic heterocycles. The molecule has 0 fully saturated rings. The summed E-state index contributed by atoms with van der Waals surface area (Å²) in [4.78, 5) is 4.03. The molecule has 0 unspecified atom stereocenters. The molecule has 0 saturated carbocycles. The molecule has 5 nitrogen and oxygen atoms in total. The Kier molecular flexibility index (Phi) is 2.16. The lowest BCUT2D eigenvalue weighted by Crippen LogP contribution is -2.30. The number of rotatable bonds is 1. The van der Waals surface area contributed by atoms with E-state index in [1.54, 1.807) is 17.8 Å². The van der Waals surface area contributed by atoms with Crippen molar-refractivity contribution in [2.75, 3.05) is 7.05 Å². The molecule has 3 N–H and O–H groups in total. The van der Waals surface area contributed by atoms with E-state index < -0.39 is 0 Å². The van der Waals surface area contributed by atoms with Crippen molar-refractivity contribution in [3.63, 3.8) is 0 Å². The summed E-state index contributed by atoms with van der Waals surface area (Å²) < 4.78 is 1.78. The fraction of sp³-hybridized carbons (Fsp3) is 0.111. The van der Waals surface area contributed by atoms with Gasteiger partial charge in [-0.05, 0) is 12.1 Å². The summed E-state index contributed by atoms with van der Waals surface area (Å²) in [5, 5.41) is 4.18. The van der Waals surface area contributed by atoms with Crippen molar-refractivity contribution in [2.24, 2.45) is 10.8 Å². The number of nitrogens with zero attached hydrogens (tertiary/aromatic N) is 3. The van der Waals surface area contributed by atoms with Crippen LogP contribution in [0.25, 0.3) is 5.52 Å². The zero-order valence-corrected chi connectivity index (χ0v) is 7.81. The molecule has 0 bridgehead atoms. The number of hydrogen-bond acceptors (Lipinski definition) is 3. The van der Waals surface area contributed by atoms with Crippen LogP contribution < -0.4 is 11.3 Å². The Labute approximate surface area is 81.2 Å². The van der Waals surface area contributed by atoms with Gasteiger partial charge in [-0.1, -0.05) is 6.07 Å². The highest BCUT2D eigenvalue weighted by Gasteiger charge is 2.07. The summed E-state index contributed by atoms with van der Waals surface area (Å²) in [6.45, 7) is 0. The fourth-order valence-corrected chi connectivity index (χ4v) is 1.38. The number of nitrogens with two attached hydrogens (primary N) is 1. The summed E-state index contributed by atoms with van der Waals surface area (Å²) in [7, 11) is 1.68. The van der Waals surface area contributed by atoms with Crippen molar-refractivity contribution in [2.45, 2.75) is 0 Å². The van der Waals surface area contributed by atoms with E-state index >= 15 is 0 Å². The van der Waals surface area contributed by atoms with E-state index in [1.165, 1.54) is 0 Å². The number of pyridine rings is 1. The first-order valence-electron chi connectivity index (χ1n) is 4.23. The van der Waals surface area contributed by atoms with Gasteiger partial charge in [-0.15, -0.1) is 0 Å². The van der Waals surface area contributed by atoms with E-state index in [0.717, 1.165) is 11.1 Å². The molecule has 0 radical (unpaired) electrons. The van der Waals surface area contributed by atoms with E-state index in [0.29, 0.717) is 5.84 Å². The monoisotopic (exact) mass is 189 g/mol. The van der Waals surface area contributed by atoms with Crippen molar-refractivity contribution < 1.29 is 0 Å². The van der Waals surface area contributed by atoms with Gasteiger partial charge in [-0.3, -0.25) is 4.99 Å². The molecule has 2 aromatic rings. The topological polar surface area (TPSA) is 67.7 Å². The molecule has 2 aromatic heterocycles. The van der Waals surface area contributed by atoms with E-state index in [2.05, 4.69) is 15.5 Å². The molecule has 0 saturated heterocycles. The van der Waals surface area contributed by atoms with Gasteiger partial charge in [0, 0.05) is 13.2 Å². The minimum absolute atomic E-state index is 0.631. The zero-order valence-electron chi connectivity index (χ0n) is 7.81. The lowest BCUT2D eigenvalue weighted by Gasteiger charge is -2.01. The maximum Gasteiger partial charge on any atom is 0.146 e. The van der Waals surface area contributed by atoms with Gasteiger partial charge in [0.05, 0.1) is 17.3 Å². The van der Waals surface area contributed by atoms with E-state index in [9.17, 15) is 0 Å². The third-order valence-electron chi connectivity index (χ3n) is 2.04. The van der Waals surface area contributed by atoms with Crippen molar-refractivity contribution in [3.8, 4) is 0 Å². The first-order valence-corrected chi connectivity index (χ1v) is 4.23. The van der Waals surface area contributed by atoms with Gasteiger partial charge in [0.25, 0.3) is 0 Å². The second-order valence-corrected chi connectivity index (χ2v) is 2.81. The van der Waals surface area contributed by atoms with E-state index in [1.807, 2.05) is 24.4 Å². The van der Waals surface area contributed by atoms with E-state index in [-0.39, 0.29) is 0 Å². The standard InChI is InChI=1S/C9H11N5/c1-11-9(13-10)7-6-12-14-5-3-2-4-8(7)14/h2-6H,10H2,1H3,(H,11,13). The van der Waals surface area contributed by atoms with Gasteiger partial charge < -0.3 is 5.43 Å². The van der Waals surface area contributed by atoms with Crippen LogP contribution in [0.15, 0.2) is 35.6 Å². The highest BCUT2D eigenvalue weighted by Crippen LogP contribution is 2.09. The molecule has 0 amide bonds. The molecular formula is C9H11N5. The Morgan fingerprint density at radius 3 is 3.14 bits per heavy atom. The number of hydrazine groups is 1. The van der Waals surface area contributed by atoms with Gasteiger partial charge in [0.15, 0.2) is 0 Å². The first kappa shape index (κ1) is 8.71. The normalized spacial score (nSPS) is 12.0. The largest absolute Gasteiger partial charge is 0.308 e. The van der Waals surface area contributed by atoms with Crippen molar-refractivity contribution >= 4 is 11.4 Å². The number of hydrogen-bond donors (Lipinski definition) is 2. The van der Waals surface area contributed by atoms with Crippen LogP contribution in [-0.2, 0) is 0 Å². The Balaban J connectivity index is 2.63. The molecule has 5 heteroatoms. The zero-order chi connectivity index (χ0) is 9.97. The second-order valence-electron chi connectivity index (χ2n) is 2.81. The van der Waals surface area contributed by atoms with Crippen LogP contribution in [0.2, 0.25) is 0 Å². The summed E-state index contributed by atoms with van der Waals surface area (Å²) >= 11 is 0. The highest BCUT2D eigenvalue weighted by molar-refractivity contribution is 6.03. The minimum Gasteiger partial charge on any atom is -0.308 e. The predicted molar refractivity (Wildman–Crippen MR) is 55.0 cm³/mol. The van der Waals surface area contributed by atoms with Crippen LogP contribution >= 0.6 is 0 Å². The highest BCUT2D eigenvalue weighted by atomic mass is 15.3. The summed E-state index contributed by atoms with van der Waals surface area (Å²) in [5.41, 5.74) is 4.42. The summed E-state index contributed by atoms with van der Waals surface area (Å²) in [5.74, 6) is 5.98. The van der Waals surface area contributed by atoms with E-state index in [4.69, 9.17) is 5.84 Å². The molecule has 0 atom stereocenters. The SMILES string of the molecule is CN=C(NN)c1cnn2ccccc12. The van der Waals surface area contributed by atoms with Crippen LogP contribution in [0.4, 0.5) is 0 Å². The Morgan fingerprint density at radius 2 is 2.43 bits per heavy atom. The second kappa shape index (κ2) is 3.47. The molecule has 0 aromatic carbocycles. The summed E-state index contributed by atoms with van der Waals surface area (Å²) in [6.07, 6.45) is 3.61. The van der Waals surface area contributed by atoms with Crippen molar-refractivity contribution in [1.29, 1.82) is 0 Å². The summed E-state index contributed by atoms with van der Waals surface area (Å²) in [6, 6.07) is 5.83. The van der Waals surface area contributed by atoms with Crippen molar-refractivity contribution in [3.05, 3.63) is 36.2 Å². The van der Waals surface area contributed by atoms with Crippen LogP contribution in [0.3, 0.4) is 0 Å². The van der Waals surface area contributed by atoms with Gasteiger partial charge in [0.1, 0.15) is 5.84 Å². The average molecular weight is 189 g/mol. The van der Waals surface area contributed by atoms with Gasteiger partial charge in [-0.25, -0.2) is 10.4 Å². The number of nitrogens with one attached hydrogen (secondary N) is 1. The lowest BCUT2D eigenvalue weighted by atomic mass is 10.2. The first-order chi connectivity index (χ1) is 6.86. The molecule has 14 heavy (non-hydrogen) atoms. The Hall–Kier alpha value is -1.88. The van der Waals surface area contributed by atoms with Gasteiger partial charge in [-0.2, -0.15) is 5.10 Å². The molecule has 0 aliphatic carbocycles. The average Bonchev–Trinajstić information content (AvgIpc) is 2.65. The molecule has 0 spiro atoms. The van der Waals surface area contributed by atoms with Gasteiger partial charge in [0.2, 0.25) is 0 Å². The molecule has 0 aliphatic rings. The Morgan fingerprint density at radius 1 is 1.57 bits per heavy atom. The lowest BCUT2D eigenvalue weighted by molar-refractivity contribution is 0.961. The predicted octanol–water partition coefficient (Wildman–Crippen LogP) is 0.174. The number of amidine groups is 1. The molecule has 72 valence electrons. The van der Waals surface area contributed by atoms with Gasteiger partial charge >= 0.3 is 0 Å². The maximum atomic E-state index is 5.35. The minimum atomic E-state index is 0.631. The number of fused-ring (bicyclic) bond motifs is 1. The number of aliphatic imine (C=N–C) groups is 1. The molecular weight excluding hydrogens is 178 g/mol. The van der Waals surface area contributed by atoms with Crippen LogP contribution in [0.1, 0.15) is 5.56 Å².